The fraction of sp³-hybridized carbons (Fsp3) is 0.538. The van der Waals surface area contributed by atoms with E-state index in [9.17, 15) is 8.42 Å². The Morgan fingerprint density at radius 3 is 2.63 bits per heavy atom. The zero-order valence-electron chi connectivity index (χ0n) is 11.5. The van der Waals surface area contributed by atoms with E-state index in [-0.39, 0.29) is 4.90 Å². The van der Waals surface area contributed by atoms with Gasteiger partial charge in [0.2, 0.25) is 10.0 Å². The summed E-state index contributed by atoms with van der Waals surface area (Å²) in [4.78, 5) is 0.286. The average Bonchev–Trinajstić information content (AvgIpc) is 2.38. The largest absolute Gasteiger partial charge is 0.385 e. The highest BCUT2D eigenvalue weighted by Gasteiger charge is 2.14. The monoisotopic (exact) mass is 286 g/mol. The van der Waals surface area contributed by atoms with Crippen LogP contribution in [0.3, 0.4) is 0 Å². The van der Waals surface area contributed by atoms with Crippen LogP contribution in [0, 0.1) is 6.92 Å². The van der Waals surface area contributed by atoms with Crippen LogP contribution in [-0.4, -0.2) is 28.7 Å². The number of aryl methyl sites for hydroxylation is 1. The standard InChI is InChI=1S/C13H22N2O3S/c1-11-9-13(6-5-12(11)10-14)19(16,17)15-7-3-4-8-18-2/h5-6,9,15H,3-4,7-8,10,14H2,1-2H3. The molecule has 0 unspecified atom stereocenters. The number of benzene rings is 1. The Morgan fingerprint density at radius 1 is 1.32 bits per heavy atom. The molecule has 3 N–H and O–H groups in total. The maximum Gasteiger partial charge on any atom is 0.240 e. The van der Waals surface area contributed by atoms with Crippen LogP contribution in [0.4, 0.5) is 0 Å². The van der Waals surface area contributed by atoms with Crippen molar-refractivity contribution in [2.75, 3.05) is 20.3 Å². The molecule has 0 aliphatic carbocycles. The number of nitrogens with one attached hydrogen (secondary N) is 1. The van der Waals surface area contributed by atoms with Gasteiger partial charge in [-0.25, -0.2) is 13.1 Å². The van der Waals surface area contributed by atoms with E-state index in [1.54, 1.807) is 25.3 Å². The van der Waals surface area contributed by atoms with Crippen molar-refractivity contribution in [3.8, 4) is 0 Å². The lowest BCUT2D eigenvalue weighted by atomic mass is 10.1. The van der Waals surface area contributed by atoms with E-state index in [1.165, 1.54) is 0 Å². The minimum atomic E-state index is -3.43. The SMILES string of the molecule is COCCCCNS(=O)(=O)c1ccc(CN)c(C)c1. The van der Waals surface area contributed by atoms with Crippen molar-refractivity contribution < 1.29 is 13.2 Å². The van der Waals surface area contributed by atoms with Gasteiger partial charge in [-0.1, -0.05) is 6.07 Å². The molecule has 6 heteroatoms. The minimum absolute atomic E-state index is 0.286. The van der Waals surface area contributed by atoms with Gasteiger partial charge in [0.05, 0.1) is 4.90 Å². The van der Waals surface area contributed by atoms with Gasteiger partial charge in [0.1, 0.15) is 0 Å². The lowest BCUT2D eigenvalue weighted by molar-refractivity contribution is 0.193. The van der Waals surface area contributed by atoms with Crippen molar-refractivity contribution >= 4 is 10.0 Å². The molecule has 0 aromatic heterocycles. The summed E-state index contributed by atoms with van der Waals surface area (Å²) < 4.78 is 31.6. The molecule has 1 rings (SSSR count). The molecule has 0 fully saturated rings. The number of ether oxygens (including phenoxy) is 1. The summed E-state index contributed by atoms with van der Waals surface area (Å²) in [5.41, 5.74) is 7.41. The fourth-order valence-corrected chi connectivity index (χ4v) is 2.88. The summed E-state index contributed by atoms with van der Waals surface area (Å²) in [7, 11) is -1.80. The van der Waals surface area contributed by atoms with Crippen LogP contribution < -0.4 is 10.5 Å². The molecule has 0 aliphatic heterocycles. The Morgan fingerprint density at radius 2 is 2.05 bits per heavy atom. The first kappa shape index (κ1) is 16.1. The molecule has 0 aliphatic rings. The van der Waals surface area contributed by atoms with Crippen molar-refractivity contribution in [3.63, 3.8) is 0 Å². The van der Waals surface area contributed by atoms with E-state index in [1.807, 2.05) is 6.92 Å². The lowest BCUT2D eigenvalue weighted by Crippen LogP contribution is -2.25. The van der Waals surface area contributed by atoms with E-state index in [4.69, 9.17) is 10.5 Å². The van der Waals surface area contributed by atoms with E-state index < -0.39 is 10.0 Å². The smallest absolute Gasteiger partial charge is 0.240 e. The van der Waals surface area contributed by atoms with Crippen LogP contribution in [0.5, 0.6) is 0 Å². The average molecular weight is 286 g/mol. The molecular weight excluding hydrogens is 264 g/mol. The highest BCUT2D eigenvalue weighted by atomic mass is 32.2. The van der Waals surface area contributed by atoms with Crippen LogP contribution in [0.25, 0.3) is 0 Å². The molecule has 0 saturated heterocycles. The minimum Gasteiger partial charge on any atom is -0.385 e. The number of rotatable bonds is 8. The van der Waals surface area contributed by atoms with Crippen molar-refractivity contribution in [3.05, 3.63) is 29.3 Å². The molecule has 0 radical (unpaired) electrons. The van der Waals surface area contributed by atoms with Crippen LogP contribution in [0.15, 0.2) is 23.1 Å². The fourth-order valence-electron chi connectivity index (χ4n) is 1.73. The lowest BCUT2D eigenvalue weighted by Gasteiger charge is -2.09. The van der Waals surface area contributed by atoms with Crippen molar-refractivity contribution in [2.45, 2.75) is 31.2 Å². The van der Waals surface area contributed by atoms with E-state index in [2.05, 4.69) is 4.72 Å². The molecule has 0 heterocycles. The number of sulfonamides is 1. The van der Waals surface area contributed by atoms with Gasteiger partial charge in [0.25, 0.3) is 0 Å². The van der Waals surface area contributed by atoms with Gasteiger partial charge in [-0.3, -0.25) is 0 Å². The number of hydrogen-bond acceptors (Lipinski definition) is 4. The summed E-state index contributed by atoms with van der Waals surface area (Å²) in [5, 5.41) is 0. The van der Waals surface area contributed by atoms with E-state index >= 15 is 0 Å². The molecule has 1 aromatic carbocycles. The molecule has 5 nitrogen and oxygen atoms in total. The van der Waals surface area contributed by atoms with Crippen molar-refractivity contribution in [1.82, 2.24) is 4.72 Å². The predicted molar refractivity (Wildman–Crippen MR) is 75.4 cm³/mol. The number of unbranched alkanes of at least 4 members (excludes halogenated alkanes) is 1. The van der Waals surface area contributed by atoms with Gasteiger partial charge in [-0.15, -0.1) is 0 Å². The van der Waals surface area contributed by atoms with Gasteiger partial charge in [0.15, 0.2) is 0 Å². The topological polar surface area (TPSA) is 81.4 Å². The van der Waals surface area contributed by atoms with Crippen LogP contribution in [0.1, 0.15) is 24.0 Å². The van der Waals surface area contributed by atoms with Crippen molar-refractivity contribution in [1.29, 1.82) is 0 Å². The van der Waals surface area contributed by atoms with Crippen molar-refractivity contribution in [2.24, 2.45) is 5.73 Å². The summed E-state index contributed by atoms with van der Waals surface area (Å²) in [5.74, 6) is 0. The molecule has 1 aromatic rings. The first-order valence-electron chi connectivity index (χ1n) is 6.29. The van der Waals surface area contributed by atoms with Gasteiger partial charge in [-0.05, 0) is 43.0 Å². The Hall–Kier alpha value is -0.950. The second-order valence-electron chi connectivity index (χ2n) is 4.39. The molecule has 0 bridgehead atoms. The second kappa shape index (κ2) is 7.59. The maximum absolute atomic E-state index is 12.0. The quantitative estimate of drug-likeness (QED) is 0.703. The highest BCUT2D eigenvalue weighted by molar-refractivity contribution is 7.89. The zero-order chi connectivity index (χ0) is 14.3. The molecule has 0 saturated carbocycles. The summed E-state index contributed by atoms with van der Waals surface area (Å²) in [6.07, 6.45) is 1.59. The number of methoxy groups -OCH3 is 1. The zero-order valence-corrected chi connectivity index (χ0v) is 12.3. The third kappa shape index (κ3) is 4.91. The van der Waals surface area contributed by atoms with Crippen LogP contribution >= 0.6 is 0 Å². The Kier molecular flexibility index (Phi) is 6.44. The van der Waals surface area contributed by atoms with E-state index in [0.29, 0.717) is 19.7 Å². The first-order chi connectivity index (χ1) is 9.01. The van der Waals surface area contributed by atoms with Gasteiger partial charge >= 0.3 is 0 Å². The van der Waals surface area contributed by atoms with Gasteiger partial charge in [0, 0.05) is 26.8 Å². The molecule has 0 amide bonds. The number of nitrogens with two attached hydrogens (primary N) is 1. The Bertz CT molecular complexity index is 501. The molecule has 0 spiro atoms. The van der Waals surface area contributed by atoms with Crippen LogP contribution in [0.2, 0.25) is 0 Å². The van der Waals surface area contributed by atoms with E-state index in [0.717, 1.165) is 24.0 Å². The molecular formula is C13H22N2O3S. The van der Waals surface area contributed by atoms with Crippen LogP contribution in [-0.2, 0) is 21.3 Å². The van der Waals surface area contributed by atoms with Gasteiger partial charge < -0.3 is 10.5 Å². The Labute approximate surface area is 115 Å². The predicted octanol–water partition coefficient (Wildman–Crippen LogP) is 1.16. The summed E-state index contributed by atoms with van der Waals surface area (Å²) in [6.45, 7) is 3.34. The molecule has 19 heavy (non-hydrogen) atoms. The maximum atomic E-state index is 12.0. The number of hydrogen-bond donors (Lipinski definition) is 2. The highest BCUT2D eigenvalue weighted by Crippen LogP contribution is 2.15. The third-order valence-corrected chi connectivity index (χ3v) is 4.37. The summed E-state index contributed by atoms with van der Waals surface area (Å²) in [6, 6.07) is 5.00. The second-order valence-corrected chi connectivity index (χ2v) is 6.16. The third-order valence-electron chi connectivity index (χ3n) is 2.91. The molecule has 0 atom stereocenters. The first-order valence-corrected chi connectivity index (χ1v) is 7.78. The normalized spacial score (nSPS) is 11.7. The molecule has 108 valence electrons. The Balaban J connectivity index is 2.64. The summed E-state index contributed by atoms with van der Waals surface area (Å²) >= 11 is 0. The van der Waals surface area contributed by atoms with Gasteiger partial charge in [-0.2, -0.15) is 0 Å².